The molecule has 0 radical (unpaired) electrons. The van der Waals surface area contributed by atoms with Gasteiger partial charge in [-0.2, -0.15) is 0 Å². The number of nitrogens with two attached hydrogens (primary N) is 4. The van der Waals surface area contributed by atoms with Crippen LogP contribution in [0, 0.1) is 0 Å². The number of anilines is 3. The van der Waals surface area contributed by atoms with Crippen LogP contribution in [-0.2, 0) is 4.79 Å². The molecule has 1 heterocycles. The van der Waals surface area contributed by atoms with E-state index < -0.39 is 0 Å². The molecule has 110 valence electrons. The minimum atomic E-state index is -0.142. The third-order valence-corrected chi connectivity index (χ3v) is 2.06. The third-order valence-electron chi connectivity index (χ3n) is 2.06. The van der Waals surface area contributed by atoms with Crippen molar-refractivity contribution in [3.63, 3.8) is 0 Å². The summed E-state index contributed by atoms with van der Waals surface area (Å²) in [6, 6.07) is 5.38. The number of nitrogens with one attached hydrogen (secondary N) is 2. The van der Waals surface area contributed by atoms with Gasteiger partial charge in [0.15, 0.2) is 0 Å². The van der Waals surface area contributed by atoms with Gasteiger partial charge in [-0.05, 0) is 39.3 Å². The van der Waals surface area contributed by atoms with E-state index in [4.69, 9.17) is 5.73 Å². The Kier molecular flexibility index (Phi) is 13.0. The molecule has 0 aliphatic carbocycles. The Hall–Kier alpha value is -1.83. The van der Waals surface area contributed by atoms with Gasteiger partial charge in [-0.25, -0.2) is 0 Å². The fourth-order valence-corrected chi connectivity index (χ4v) is 1.39. The summed E-state index contributed by atoms with van der Waals surface area (Å²) < 4.78 is 0. The molecule has 1 aliphatic heterocycles. The van der Waals surface area contributed by atoms with E-state index in [0.29, 0.717) is 6.54 Å². The van der Waals surface area contributed by atoms with Crippen LogP contribution in [0.2, 0.25) is 0 Å². The van der Waals surface area contributed by atoms with E-state index in [9.17, 15) is 4.79 Å². The number of benzene rings is 1. The Morgan fingerprint density at radius 3 is 2.21 bits per heavy atom. The Morgan fingerprint density at radius 1 is 1.11 bits per heavy atom. The molecule has 0 saturated carbocycles. The van der Waals surface area contributed by atoms with Gasteiger partial charge in [0.1, 0.15) is 6.29 Å². The van der Waals surface area contributed by atoms with Crippen molar-refractivity contribution in [2.75, 3.05) is 44.1 Å². The van der Waals surface area contributed by atoms with Gasteiger partial charge in [0.25, 0.3) is 0 Å². The maximum atomic E-state index is 10.5. The van der Waals surface area contributed by atoms with Gasteiger partial charge in [-0.15, -0.1) is 0 Å². The highest BCUT2D eigenvalue weighted by Crippen LogP contribution is 2.27. The van der Waals surface area contributed by atoms with Gasteiger partial charge in [0, 0.05) is 12.2 Å². The first-order valence-corrected chi connectivity index (χ1v) is 5.88. The van der Waals surface area contributed by atoms with Crippen LogP contribution in [0.4, 0.5) is 17.1 Å². The fourth-order valence-electron chi connectivity index (χ4n) is 1.39. The zero-order valence-electron chi connectivity index (χ0n) is 11.8. The highest BCUT2D eigenvalue weighted by Gasteiger charge is 2.15. The number of carbonyl (C=O) groups is 1. The van der Waals surface area contributed by atoms with Crippen molar-refractivity contribution >= 4 is 23.3 Å². The highest BCUT2D eigenvalue weighted by atomic mass is 16.1. The summed E-state index contributed by atoms with van der Waals surface area (Å²) in [4.78, 5) is 10.5. The molecule has 1 aliphatic rings. The van der Waals surface area contributed by atoms with Gasteiger partial charge in [-0.3, -0.25) is 0 Å². The van der Waals surface area contributed by atoms with Crippen LogP contribution < -0.4 is 33.6 Å². The molecule has 1 atom stereocenters. The van der Waals surface area contributed by atoms with Crippen molar-refractivity contribution in [1.29, 1.82) is 0 Å². The third kappa shape index (κ3) is 6.61. The van der Waals surface area contributed by atoms with Crippen LogP contribution in [0.15, 0.2) is 18.2 Å². The molecule has 19 heavy (non-hydrogen) atoms. The topological polar surface area (TPSA) is 145 Å². The quantitative estimate of drug-likeness (QED) is 0.295. The van der Waals surface area contributed by atoms with Crippen molar-refractivity contribution in [3.05, 3.63) is 18.2 Å². The highest BCUT2D eigenvalue weighted by molar-refractivity contribution is 5.79. The maximum absolute atomic E-state index is 10.5. The van der Waals surface area contributed by atoms with E-state index in [1.54, 1.807) is 6.07 Å². The first-order valence-electron chi connectivity index (χ1n) is 5.88. The summed E-state index contributed by atoms with van der Waals surface area (Å²) >= 11 is 0. The number of fused-ring (bicyclic) bond motifs is 1. The SMILES string of the molecule is CN.CN.CN.Nc1ccc2c(c1)NCC(C=O)N2. The first-order chi connectivity index (χ1) is 9.29. The summed E-state index contributed by atoms with van der Waals surface area (Å²) in [6.07, 6.45) is 0.895. The minimum absolute atomic E-state index is 0.142. The summed E-state index contributed by atoms with van der Waals surface area (Å²) in [5, 5.41) is 6.22. The monoisotopic (exact) mass is 270 g/mol. The van der Waals surface area contributed by atoms with Crippen LogP contribution in [0.25, 0.3) is 0 Å². The summed E-state index contributed by atoms with van der Waals surface area (Å²) in [5.74, 6) is 0. The average molecular weight is 270 g/mol. The van der Waals surface area contributed by atoms with Gasteiger partial charge in [-0.1, -0.05) is 0 Å². The van der Waals surface area contributed by atoms with Gasteiger partial charge >= 0.3 is 0 Å². The molecular weight excluding hydrogens is 244 g/mol. The van der Waals surface area contributed by atoms with E-state index in [1.807, 2.05) is 12.1 Å². The van der Waals surface area contributed by atoms with E-state index in [2.05, 4.69) is 27.8 Å². The molecular formula is C12H26N6O. The number of hydrogen-bond acceptors (Lipinski definition) is 7. The van der Waals surface area contributed by atoms with E-state index >= 15 is 0 Å². The second-order valence-electron chi connectivity index (χ2n) is 3.07. The molecule has 1 aromatic carbocycles. The lowest BCUT2D eigenvalue weighted by Crippen LogP contribution is -2.34. The number of nitrogen functional groups attached to an aromatic ring is 1. The largest absolute Gasteiger partial charge is 0.399 e. The van der Waals surface area contributed by atoms with E-state index in [1.165, 1.54) is 21.1 Å². The maximum Gasteiger partial charge on any atom is 0.144 e. The van der Waals surface area contributed by atoms with Crippen LogP contribution in [0.3, 0.4) is 0 Å². The lowest BCUT2D eigenvalue weighted by molar-refractivity contribution is -0.108. The smallest absolute Gasteiger partial charge is 0.144 e. The zero-order valence-corrected chi connectivity index (χ0v) is 11.8. The average Bonchev–Trinajstić information content (AvgIpc) is 2.52. The summed E-state index contributed by atoms with van der Waals surface area (Å²) in [6.45, 7) is 0.611. The summed E-state index contributed by atoms with van der Waals surface area (Å²) in [5.41, 5.74) is 21.7. The van der Waals surface area contributed by atoms with Crippen molar-refractivity contribution in [2.45, 2.75) is 6.04 Å². The van der Waals surface area contributed by atoms with Crippen molar-refractivity contribution in [2.24, 2.45) is 17.2 Å². The normalized spacial score (nSPS) is 14.3. The van der Waals surface area contributed by atoms with Crippen LogP contribution in [0.1, 0.15) is 0 Å². The lowest BCUT2D eigenvalue weighted by Gasteiger charge is -2.24. The molecule has 0 aromatic heterocycles. The van der Waals surface area contributed by atoms with Crippen LogP contribution >= 0.6 is 0 Å². The standard InChI is InChI=1S/C9H11N3O.3CH5N/c10-6-1-2-8-9(3-6)11-4-7(5-13)12-8;3*1-2/h1-3,5,7,11-12H,4,10H2;3*2H2,1H3. The van der Waals surface area contributed by atoms with Crippen molar-refractivity contribution in [3.8, 4) is 0 Å². The molecule has 7 nitrogen and oxygen atoms in total. The number of carbonyl (C=O) groups excluding carboxylic acids is 1. The second-order valence-corrected chi connectivity index (χ2v) is 3.07. The van der Waals surface area contributed by atoms with Crippen molar-refractivity contribution in [1.82, 2.24) is 0 Å². The predicted octanol–water partition coefficient (Wildman–Crippen LogP) is -0.602. The Labute approximate surface area is 114 Å². The molecule has 10 N–H and O–H groups in total. The molecule has 0 amide bonds. The molecule has 0 bridgehead atoms. The molecule has 0 spiro atoms. The minimum Gasteiger partial charge on any atom is -0.399 e. The number of aldehydes is 1. The molecule has 0 saturated heterocycles. The predicted molar refractivity (Wildman–Crippen MR) is 83.2 cm³/mol. The Morgan fingerprint density at radius 2 is 1.68 bits per heavy atom. The summed E-state index contributed by atoms with van der Waals surface area (Å²) in [7, 11) is 4.50. The molecule has 1 unspecified atom stereocenters. The molecule has 0 fully saturated rings. The van der Waals surface area contributed by atoms with Gasteiger partial charge in [0.2, 0.25) is 0 Å². The van der Waals surface area contributed by atoms with E-state index in [0.717, 1.165) is 23.3 Å². The lowest BCUT2D eigenvalue weighted by atomic mass is 10.1. The van der Waals surface area contributed by atoms with Crippen molar-refractivity contribution < 1.29 is 4.79 Å². The fraction of sp³-hybridized carbons (Fsp3) is 0.417. The van der Waals surface area contributed by atoms with Gasteiger partial charge in [0.05, 0.1) is 17.4 Å². The Bertz CT molecular complexity index is 345. The second kappa shape index (κ2) is 12.6. The molecule has 1 aromatic rings. The van der Waals surface area contributed by atoms with E-state index in [-0.39, 0.29) is 6.04 Å². The van der Waals surface area contributed by atoms with Gasteiger partial charge < -0.3 is 38.4 Å². The zero-order chi connectivity index (χ0) is 15.3. The first kappa shape index (κ1) is 19.5. The number of hydrogen-bond donors (Lipinski definition) is 6. The van der Waals surface area contributed by atoms with Crippen LogP contribution in [0.5, 0.6) is 0 Å². The van der Waals surface area contributed by atoms with Crippen LogP contribution in [-0.4, -0.2) is 40.0 Å². The molecule has 2 rings (SSSR count). The molecule has 7 heteroatoms. The Balaban J connectivity index is 0. The number of rotatable bonds is 1.